The summed E-state index contributed by atoms with van der Waals surface area (Å²) in [5.41, 5.74) is -3.27. The molecule has 1 aromatic carbocycles. The first-order valence-corrected chi connectivity index (χ1v) is 11.9. The summed E-state index contributed by atoms with van der Waals surface area (Å²) in [6, 6.07) is 3.05. The van der Waals surface area contributed by atoms with Crippen molar-refractivity contribution in [2.75, 3.05) is 0 Å². The van der Waals surface area contributed by atoms with Crippen LogP contribution >= 0.6 is 0 Å². The molecule has 0 aromatic heterocycles. The molecule has 2 fully saturated rings. The number of phenolic OH excluding ortho intramolecular Hbond substituents is 1. The van der Waals surface area contributed by atoms with Crippen molar-refractivity contribution in [1.82, 2.24) is 0 Å². The molecule has 0 amide bonds. The Morgan fingerprint density at radius 2 is 1.69 bits per heavy atom. The number of carbonyl (C=O) groups excluding carboxylic acids is 5. The van der Waals surface area contributed by atoms with E-state index in [0.29, 0.717) is 16.7 Å². The lowest BCUT2D eigenvalue weighted by atomic mass is 9.40. The van der Waals surface area contributed by atoms with Gasteiger partial charge in [0.2, 0.25) is 0 Å². The van der Waals surface area contributed by atoms with Crippen molar-refractivity contribution in [3.8, 4) is 5.75 Å². The number of Topliss-reactive ketones (excluding diaryl/α,β-unsaturated/α-hetero) is 5. The summed E-state index contributed by atoms with van der Waals surface area (Å²) in [6.07, 6.45) is 0.254. The molecule has 35 heavy (non-hydrogen) atoms. The van der Waals surface area contributed by atoms with E-state index in [4.69, 9.17) is 0 Å². The summed E-state index contributed by atoms with van der Waals surface area (Å²) >= 11 is 0. The van der Waals surface area contributed by atoms with Crippen LogP contribution in [0.25, 0.3) is 5.57 Å². The fourth-order valence-corrected chi connectivity index (χ4v) is 7.54. The molecule has 6 atom stereocenters. The zero-order valence-electron chi connectivity index (χ0n) is 21.0. The largest absolute Gasteiger partial charge is 0.507 e. The van der Waals surface area contributed by atoms with Crippen LogP contribution in [0.3, 0.4) is 0 Å². The zero-order valence-corrected chi connectivity index (χ0v) is 21.0. The summed E-state index contributed by atoms with van der Waals surface area (Å²) < 4.78 is 0. The Hall–Kier alpha value is -2.93. The Bertz CT molecular complexity index is 1240. The molecular weight excluding hydrogens is 448 g/mol. The number of rotatable bonds is 3. The molecule has 1 aromatic rings. The van der Waals surface area contributed by atoms with Crippen LogP contribution in [-0.2, 0) is 25.6 Å². The highest BCUT2D eigenvalue weighted by atomic mass is 16.3. The Morgan fingerprint density at radius 1 is 1.09 bits per heavy atom. The standard InChI is InChI=1S/C28H32O7/c1-12(2)15-8-9-17(30)19-16(15)10-26(6)11-27(7)20(13(3)4)22(31)18(14(5)29)24(33)28(27,35)25(34)21(26)23(19)32/h8-9,13,18,20-21,30,35H,1,10-11H2,2-7H3/t18?,20?,21?,26-,27-,28+/m1/s1. The number of hydrogen-bond donors (Lipinski definition) is 2. The van der Waals surface area contributed by atoms with Crippen LogP contribution in [0.5, 0.6) is 5.75 Å². The SMILES string of the molecule is C=C(C)c1ccc(O)c2c1C[C@]1(C)C[C@]3(C)C(C(C)C)C(=O)C(C(C)=O)C(=O)[C@]3(O)C(=O)C1C2=O. The molecule has 7 nitrogen and oxygen atoms in total. The third-order valence-corrected chi connectivity index (χ3v) is 8.72. The second-order valence-electron chi connectivity index (χ2n) is 11.6. The first-order valence-electron chi connectivity index (χ1n) is 11.9. The van der Waals surface area contributed by atoms with Crippen molar-refractivity contribution in [2.45, 2.75) is 60.0 Å². The lowest BCUT2D eigenvalue weighted by Gasteiger charge is -2.61. The predicted molar refractivity (Wildman–Crippen MR) is 128 cm³/mol. The number of phenols is 1. The van der Waals surface area contributed by atoms with E-state index in [0.717, 1.165) is 6.92 Å². The monoisotopic (exact) mass is 480 g/mol. The van der Waals surface area contributed by atoms with Crippen LogP contribution in [0.2, 0.25) is 0 Å². The van der Waals surface area contributed by atoms with Gasteiger partial charge in [0.1, 0.15) is 17.5 Å². The van der Waals surface area contributed by atoms with Crippen molar-refractivity contribution in [3.05, 3.63) is 35.4 Å². The maximum Gasteiger partial charge on any atom is 0.190 e. The van der Waals surface area contributed by atoms with Gasteiger partial charge in [0, 0.05) is 11.3 Å². The van der Waals surface area contributed by atoms with Crippen LogP contribution in [0, 0.1) is 34.5 Å². The second kappa shape index (κ2) is 7.53. The number of benzene rings is 1. The van der Waals surface area contributed by atoms with Gasteiger partial charge in [0.25, 0.3) is 0 Å². The smallest absolute Gasteiger partial charge is 0.190 e. The second-order valence-corrected chi connectivity index (χ2v) is 11.6. The summed E-state index contributed by atoms with van der Waals surface area (Å²) in [5.74, 6) is -8.85. The topological polar surface area (TPSA) is 126 Å². The molecule has 0 bridgehead atoms. The van der Waals surface area contributed by atoms with Crippen molar-refractivity contribution >= 4 is 34.5 Å². The Balaban J connectivity index is 2.01. The lowest BCUT2D eigenvalue weighted by Crippen LogP contribution is -2.76. The summed E-state index contributed by atoms with van der Waals surface area (Å²) in [4.78, 5) is 67.3. The van der Waals surface area contributed by atoms with Gasteiger partial charge in [-0.1, -0.05) is 45.9 Å². The molecule has 2 N–H and O–H groups in total. The minimum atomic E-state index is -2.68. The van der Waals surface area contributed by atoms with Gasteiger partial charge < -0.3 is 10.2 Å². The number of allylic oxidation sites excluding steroid dienone is 1. The summed E-state index contributed by atoms with van der Waals surface area (Å²) in [5, 5.41) is 22.5. The highest BCUT2D eigenvalue weighted by Gasteiger charge is 2.76. The van der Waals surface area contributed by atoms with Gasteiger partial charge in [-0.15, -0.1) is 0 Å². The number of fused-ring (bicyclic) bond motifs is 3. The van der Waals surface area contributed by atoms with E-state index in [1.54, 1.807) is 40.7 Å². The van der Waals surface area contributed by atoms with Crippen molar-refractivity contribution in [1.29, 1.82) is 0 Å². The van der Waals surface area contributed by atoms with E-state index in [9.17, 15) is 34.2 Å². The highest BCUT2D eigenvalue weighted by Crippen LogP contribution is 2.63. The Kier molecular flexibility index (Phi) is 5.42. The first kappa shape index (κ1) is 25.2. The minimum Gasteiger partial charge on any atom is -0.507 e. The van der Waals surface area contributed by atoms with Gasteiger partial charge in [-0.25, -0.2) is 0 Å². The number of aliphatic hydroxyl groups is 1. The van der Waals surface area contributed by atoms with E-state index in [2.05, 4.69) is 6.58 Å². The fourth-order valence-electron chi connectivity index (χ4n) is 7.54. The van der Waals surface area contributed by atoms with Crippen molar-refractivity contribution in [2.24, 2.45) is 34.5 Å². The van der Waals surface area contributed by atoms with Gasteiger partial charge >= 0.3 is 0 Å². The van der Waals surface area contributed by atoms with Gasteiger partial charge in [-0.2, -0.15) is 0 Å². The number of ketones is 5. The molecule has 0 saturated heterocycles. The molecule has 3 aliphatic rings. The van der Waals surface area contributed by atoms with Gasteiger partial charge in [-0.05, 0) is 55.2 Å². The van der Waals surface area contributed by atoms with E-state index in [1.807, 2.05) is 0 Å². The van der Waals surface area contributed by atoms with Crippen LogP contribution in [-0.4, -0.2) is 44.7 Å². The molecule has 0 aliphatic heterocycles. The van der Waals surface area contributed by atoms with E-state index in [1.165, 1.54) is 6.07 Å². The average Bonchev–Trinajstić information content (AvgIpc) is 2.69. The summed E-state index contributed by atoms with van der Waals surface area (Å²) in [7, 11) is 0. The van der Waals surface area contributed by atoms with Gasteiger partial charge in [-0.3, -0.25) is 24.0 Å². The fraction of sp³-hybridized carbons (Fsp3) is 0.536. The van der Waals surface area contributed by atoms with E-state index >= 15 is 0 Å². The maximum atomic E-state index is 14.1. The zero-order chi connectivity index (χ0) is 26.4. The van der Waals surface area contributed by atoms with Gasteiger partial charge in [0.05, 0.1) is 11.5 Å². The molecule has 4 rings (SSSR count). The quantitative estimate of drug-likeness (QED) is 0.637. The van der Waals surface area contributed by atoms with Crippen LogP contribution in [0.4, 0.5) is 0 Å². The van der Waals surface area contributed by atoms with Crippen molar-refractivity contribution < 1.29 is 34.2 Å². The number of hydrogen-bond acceptors (Lipinski definition) is 7. The third-order valence-electron chi connectivity index (χ3n) is 8.72. The molecule has 186 valence electrons. The molecule has 0 radical (unpaired) electrons. The minimum absolute atomic E-state index is 0.00334. The third kappa shape index (κ3) is 2.97. The molecule has 3 aliphatic carbocycles. The highest BCUT2D eigenvalue weighted by molar-refractivity contribution is 6.32. The summed E-state index contributed by atoms with van der Waals surface area (Å²) in [6.45, 7) is 13.7. The van der Waals surface area contributed by atoms with Crippen LogP contribution in [0.1, 0.15) is 69.4 Å². The molecule has 0 spiro atoms. The normalized spacial score (nSPS) is 36.5. The van der Waals surface area contributed by atoms with Crippen molar-refractivity contribution in [3.63, 3.8) is 0 Å². The maximum absolute atomic E-state index is 14.1. The van der Waals surface area contributed by atoms with Crippen LogP contribution < -0.4 is 0 Å². The number of aromatic hydroxyl groups is 1. The molecule has 3 unspecified atom stereocenters. The number of carbonyl (C=O) groups is 5. The van der Waals surface area contributed by atoms with Gasteiger partial charge in [0.15, 0.2) is 28.7 Å². The molecule has 7 heteroatoms. The van der Waals surface area contributed by atoms with E-state index < -0.39 is 63.1 Å². The lowest BCUT2D eigenvalue weighted by molar-refractivity contribution is -0.205. The first-order chi connectivity index (χ1) is 16.0. The molecule has 0 heterocycles. The predicted octanol–water partition coefficient (Wildman–Crippen LogP) is 3.13. The van der Waals surface area contributed by atoms with E-state index in [-0.39, 0.29) is 30.1 Å². The molecule has 2 saturated carbocycles. The average molecular weight is 481 g/mol. The van der Waals surface area contributed by atoms with Crippen LogP contribution in [0.15, 0.2) is 18.7 Å². The molecular formula is C28H32O7. The Labute approximate surface area is 204 Å². The Morgan fingerprint density at radius 3 is 2.20 bits per heavy atom.